The quantitative estimate of drug-likeness (QED) is 0.754. The number of carbonyl (C=O) groups is 2. The van der Waals surface area contributed by atoms with Gasteiger partial charge in [0.15, 0.2) is 5.78 Å². The zero-order valence-corrected chi connectivity index (χ0v) is 18.1. The SMILES string of the molecule is CCCC(=O)[C@@]1(C)[C@H](C)C[C@H]2[C@@H]3CCC4=CC(=O)C=C[C@]4(C)[C@H]3[C@@H](O)C[C@@]21C. The smallest absolute Gasteiger partial charge is 0.178 e. The van der Waals surface area contributed by atoms with Crippen molar-refractivity contribution < 1.29 is 14.7 Å². The van der Waals surface area contributed by atoms with Crippen molar-refractivity contribution in [1.29, 1.82) is 0 Å². The van der Waals surface area contributed by atoms with Crippen molar-refractivity contribution in [3.8, 4) is 0 Å². The number of carbonyl (C=O) groups excluding carboxylic acids is 2. The molecule has 3 fully saturated rings. The van der Waals surface area contributed by atoms with Crippen LogP contribution in [0.5, 0.6) is 0 Å². The first-order valence-electron chi connectivity index (χ1n) is 11.2. The van der Waals surface area contributed by atoms with Crippen molar-refractivity contribution in [1.82, 2.24) is 0 Å². The fraction of sp³-hybridized carbons (Fsp3) is 0.760. The largest absolute Gasteiger partial charge is 0.393 e. The van der Waals surface area contributed by atoms with Gasteiger partial charge < -0.3 is 5.11 Å². The lowest BCUT2D eigenvalue weighted by Crippen LogP contribution is -2.58. The molecule has 0 aromatic carbocycles. The molecule has 0 unspecified atom stereocenters. The summed E-state index contributed by atoms with van der Waals surface area (Å²) in [4.78, 5) is 25.2. The molecule has 0 saturated heterocycles. The van der Waals surface area contributed by atoms with E-state index >= 15 is 0 Å². The molecule has 4 aliphatic rings. The number of hydrogen-bond acceptors (Lipinski definition) is 3. The number of fused-ring (bicyclic) bond motifs is 5. The zero-order chi connectivity index (χ0) is 20.5. The predicted octanol–water partition coefficient (Wildman–Crippen LogP) is 4.89. The number of aliphatic hydroxyl groups is 1. The van der Waals surface area contributed by atoms with Crippen molar-refractivity contribution in [3.05, 3.63) is 23.8 Å². The highest BCUT2D eigenvalue weighted by Gasteiger charge is 2.68. The van der Waals surface area contributed by atoms with Gasteiger partial charge in [0.1, 0.15) is 5.78 Å². The van der Waals surface area contributed by atoms with Crippen molar-refractivity contribution in [2.24, 2.45) is 39.9 Å². The molecule has 4 rings (SSSR count). The van der Waals surface area contributed by atoms with E-state index in [1.165, 1.54) is 5.57 Å². The summed E-state index contributed by atoms with van der Waals surface area (Å²) in [5.41, 5.74) is 0.465. The molecular formula is C25H36O3. The van der Waals surface area contributed by atoms with Crippen molar-refractivity contribution in [2.45, 2.75) is 79.2 Å². The Morgan fingerprint density at radius 3 is 2.68 bits per heavy atom. The van der Waals surface area contributed by atoms with Gasteiger partial charge >= 0.3 is 0 Å². The summed E-state index contributed by atoms with van der Waals surface area (Å²) in [5.74, 6) is 1.84. The normalized spacial score (nSPS) is 49.9. The minimum atomic E-state index is -0.433. The van der Waals surface area contributed by atoms with E-state index in [9.17, 15) is 14.7 Å². The van der Waals surface area contributed by atoms with Crippen LogP contribution in [-0.4, -0.2) is 22.8 Å². The summed E-state index contributed by atoms with van der Waals surface area (Å²) < 4.78 is 0. The lowest BCUT2D eigenvalue weighted by Gasteiger charge is -2.60. The van der Waals surface area contributed by atoms with E-state index in [0.29, 0.717) is 36.4 Å². The summed E-state index contributed by atoms with van der Waals surface area (Å²) in [7, 11) is 0. The second-order valence-electron chi connectivity index (χ2n) is 10.7. The van der Waals surface area contributed by atoms with Gasteiger partial charge in [-0.3, -0.25) is 9.59 Å². The monoisotopic (exact) mass is 384 g/mol. The molecule has 8 atom stereocenters. The van der Waals surface area contributed by atoms with Crippen LogP contribution >= 0.6 is 0 Å². The van der Waals surface area contributed by atoms with Crippen molar-refractivity contribution in [3.63, 3.8) is 0 Å². The standard InChI is InChI=1S/C25H36O3/c1-6-7-21(28)25(5)15(2)12-19-18-9-8-16-13-17(26)10-11-23(16,3)22(18)20(27)14-24(19,25)4/h10-11,13,15,18-20,22,27H,6-9,12,14H2,1-5H3/t15-,18+,19+,20+,22-,23+,24+,25-/m1/s1. The van der Waals surface area contributed by atoms with Crippen LogP contribution in [0, 0.1) is 39.9 Å². The molecule has 0 bridgehead atoms. The van der Waals surface area contributed by atoms with Gasteiger partial charge in [-0.05, 0) is 67.4 Å². The Morgan fingerprint density at radius 1 is 1.29 bits per heavy atom. The predicted molar refractivity (Wildman–Crippen MR) is 111 cm³/mol. The van der Waals surface area contributed by atoms with E-state index in [1.54, 1.807) is 6.08 Å². The Balaban J connectivity index is 1.75. The maximum atomic E-state index is 13.3. The molecule has 28 heavy (non-hydrogen) atoms. The van der Waals surface area contributed by atoms with E-state index in [1.807, 2.05) is 6.08 Å². The van der Waals surface area contributed by atoms with E-state index in [2.05, 4.69) is 40.7 Å². The molecule has 0 radical (unpaired) electrons. The second kappa shape index (κ2) is 6.39. The molecule has 0 amide bonds. The Morgan fingerprint density at radius 2 is 2.00 bits per heavy atom. The van der Waals surface area contributed by atoms with Crippen LogP contribution in [0.15, 0.2) is 23.8 Å². The van der Waals surface area contributed by atoms with Gasteiger partial charge in [0, 0.05) is 23.2 Å². The Bertz CT molecular complexity index is 764. The first-order valence-corrected chi connectivity index (χ1v) is 11.2. The van der Waals surface area contributed by atoms with E-state index < -0.39 is 6.10 Å². The summed E-state index contributed by atoms with van der Waals surface area (Å²) in [5, 5.41) is 11.5. The Labute approximate surface area is 169 Å². The van der Waals surface area contributed by atoms with E-state index in [-0.39, 0.29) is 27.9 Å². The molecule has 3 heteroatoms. The number of allylic oxidation sites excluding steroid dienone is 4. The van der Waals surface area contributed by atoms with Gasteiger partial charge in [-0.1, -0.05) is 46.3 Å². The highest BCUT2D eigenvalue weighted by Crippen LogP contribution is 2.71. The molecule has 154 valence electrons. The minimum Gasteiger partial charge on any atom is -0.393 e. The molecule has 3 saturated carbocycles. The van der Waals surface area contributed by atoms with Crippen LogP contribution in [0.1, 0.15) is 73.1 Å². The highest BCUT2D eigenvalue weighted by molar-refractivity contribution is 6.01. The van der Waals surface area contributed by atoms with E-state index in [0.717, 1.165) is 25.7 Å². The number of ketones is 2. The second-order valence-corrected chi connectivity index (χ2v) is 10.7. The lowest BCUT2D eigenvalue weighted by molar-refractivity contribution is -0.156. The summed E-state index contributed by atoms with van der Waals surface area (Å²) in [6.07, 6.45) is 10.4. The first-order chi connectivity index (χ1) is 13.1. The topological polar surface area (TPSA) is 54.4 Å². The van der Waals surface area contributed by atoms with Crippen molar-refractivity contribution in [2.75, 3.05) is 0 Å². The molecule has 1 N–H and O–H groups in total. The summed E-state index contributed by atoms with van der Waals surface area (Å²) in [6.45, 7) is 11.0. The van der Waals surface area contributed by atoms with Crippen LogP contribution in [0.3, 0.4) is 0 Å². The average molecular weight is 385 g/mol. The first kappa shape index (κ1) is 20.1. The lowest BCUT2D eigenvalue weighted by atomic mass is 9.44. The minimum absolute atomic E-state index is 0.0771. The summed E-state index contributed by atoms with van der Waals surface area (Å²) >= 11 is 0. The maximum absolute atomic E-state index is 13.3. The molecule has 3 nitrogen and oxygen atoms in total. The third-order valence-electron chi connectivity index (χ3n) is 9.72. The molecule has 0 aromatic rings. The van der Waals surface area contributed by atoms with Crippen LogP contribution < -0.4 is 0 Å². The fourth-order valence-corrected chi connectivity index (χ4v) is 7.96. The average Bonchev–Trinajstić information content (AvgIpc) is 2.83. The molecule has 0 aliphatic heterocycles. The van der Waals surface area contributed by atoms with Crippen LogP contribution in [0.4, 0.5) is 0 Å². The summed E-state index contributed by atoms with van der Waals surface area (Å²) in [6, 6.07) is 0. The molecule has 0 heterocycles. The van der Waals surface area contributed by atoms with Crippen LogP contribution in [0.25, 0.3) is 0 Å². The number of hydrogen-bond donors (Lipinski definition) is 1. The van der Waals surface area contributed by atoms with Gasteiger partial charge in [-0.25, -0.2) is 0 Å². The third-order valence-corrected chi connectivity index (χ3v) is 9.72. The van der Waals surface area contributed by atoms with Crippen molar-refractivity contribution >= 4 is 11.6 Å². The van der Waals surface area contributed by atoms with Gasteiger partial charge in [0.2, 0.25) is 0 Å². The maximum Gasteiger partial charge on any atom is 0.178 e. The van der Waals surface area contributed by atoms with E-state index in [4.69, 9.17) is 0 Å². The van der Waals surface area contributed by atoms with Gasteiger partial charge in [0.05, 0.1) is 6.10 Å². The third kappa shape index (κ3) is 2.38. The van der Waals surface area contributed by atoms with Gasteiger partial charge in [0.25, 0.3) is 0 Å². The molecule has 0 aromatic heterocycles. The zero-order valence-electron chi connectivity index (χ0n) is 18.1. The number of aliphatic hydroxyl groups excluding tert-OH is 1. The van der Waals surface area contributed by atoms with Gasteiger partial charge in [-0.2, -0.15) is 0 Å². The Hall–Kier alpha value is -1.22. The van der Waals surface area contributed by atoms with Crippen LogP contribution in [0.2, 0.25) is 0 Å². The number of Topliss-reactive ketones (excluding diaryl/α,β-unsaturated/α-hetero) is 1. The Kier molecular flexibility index (Phi) is 4.58. The number of rotatable bonds is 3. The molecule has 4 aliphatic carbocycles. The highest BCUT2D eigenvalue weighted by atomic mass is 16.3. The molecular weight excluding hydrogens is 348 g/mol. The van der Waals surface area contributed by atoms with Gasteiger partial charge in [-0.15, -0.1) is 0 Å². The fourth-order valence-electron chi connectivity index (χ4n) is 7.96. The van der Waals surface area contributed by atoms with Crippen LogP contribution in [-0.2, 0) is 9.59 Å². The molecule has 0 spiro atoms.